The summed E-state index contributed by atoms with van der Waals surface area (Å²) in [6.45, 7) is 3.33. The van der Waals surface area contributed by atoms with Gasteiger partial charge in [0.15, 0.2) is 0 Å². The van der Waals surface area contributed by atoms with Gasteiger partial charge in [-0.3, -0.25) is 9.20 Å². The fourth-order valence-corrected chi connectivity index (χ4v) is 4.30. The van der Waals surface area contributed by atoms with Crippen molar-refractivity contribution in [1.82, 2.24) is 29.2 Å². The number of fused-ring (bicyclic) bond motifs is 1. The molecule has 1 aliphatic rings. The van der Waals surface area contributed by atoms with Gasteiger partial charge in [0.25, 0.3) is 5.91 Å². The number of nitrogens with one attached hydrogen (secondary N) is 1. The van der Waals surface area contributed by atoms with Gasteiger partial charge in [-0.25, -0.2) is 15.0 Å². The quantitative estimate of drug-likeness (QED) is 0.457. The molecule has 0 unspecified atom stereocenters. The normalized spacial score (nSPS) is 14.1. The van der Waals surface area contributed by atoms with Crippen molar-refractivity contribution in [2.75, 3.05) is 44.3 Å². The van der Waals surface area contributed by atoms with Gasteiger partial charge in [0, 0.05) is 31.7 Å². The lowest BCUT2D eigenvalue weighted by molar-refractivity contribution is 0.0657. The number of piperazine rings is 1. The Balaban J connectivity index is 1.59. The number of likely N-dealkylation sites (N-methyl/N-ethyl adjacent to an activating group) is 1. The molecule has 5 rings (SSSR count). The van der Waals surface area contributed by atoms with E-state index in [-0.39, 0.29) is 23.8 Å². The van der Waals surface area contributed by atoms with Crippen molar-refractivity contribution in [2.24, 2.45) is 0 Å². The molecule has 4 heterocycles. The lowest BCUT2D eigenvalue weighted by Crippen LogP contribution is -2.47. The zero-order valence-corrected chi connectivity index (χ0v) is 19.3. The van der Waals surface area contributed by atoms with Crippen LogP contribution in [-0.2, 0) is 6.54 Å². The van der Waals surface area contributed by atoms with Crippen molar-refractivity contribution >= 4 is 23.2 Å². The maximum Gasteiger partial charge on any atom is 0.270 e. The minimum Gasteiger partial charge on any atom is -0.382 e. The number of hydrogen-bond donors (Lipinski definition) is 2. The first-order valence-electron chi connectivity index (χ1n) is 11.3. The maximum atomic E-state index is 13.6. The minimum absolute atomic E-state index is 0.0202. The molecule has 0 aliphatic carbocycles. The van der Waals surface area contributed by atoms with Crippen LogP contribution in [0.25, 0.3) is 16.9 Å². The van der Waals surface area contributed by atoms with Crippen molar-refractivity contribution in [2.45, 2.75) is 6.54 Å². The number of nitriles is 1. The first-order valence-corrected chi connectivity index (χ1v) is 11.3. The Morgan fingerprint density at radius 2 is 1.86 bits per heavy atom. The summed E-state index contributed by atoms with van der Waals surface area (Å²) >= 11 is 0. The Labute approximate surface area is 202 Å². The fourth-order valence-electron chi connectivity index (χ4n) is 4.30. The van der Waals surface area contributed by atoms with Crippen molar-refractivity contribution < 1.29 is 4.79 Å². The average molecular weight is 468 g/mol. The molecule has 0 atom stereocenters. The number of nitrogens with two attached hydrogens (primary N) is 1. The molecule has 10 nitrogen and oxygen atoms in total. The number of amides is 1. The van der Waals surface area contributed by atoms with Gasteiger partial charge in [-0.1, -0.05) is 36.4 Å². The van der Waals surface area contributed by atoms with E-state index < -0.39 is 0 Å². The molecule has 1 amide bonds. The Morgan fingerprint density at radius 3 is 2.60 bits per heavy atom. The number of carbonyl (C=O) groups excluding carboxylic acids is 1. The van der Waals surface area contributed by atoms with E-state index in [0.29, 0.717) is 30.2 Å². The average Bonchev–Trinajstić information content (AvgIpc) is 3.26. The maximum absolute atomic E-state index is 13.6. The number of aromatic nitrogens is 4. The summed E-state index contributed by atoms with van der Waals surface area (Å²) in [6.07, 6.45) is 1.31. The number of nitrogens with zero attached hydrogens (tertiary/aromatic N) is 7. The molecule has 35 heavy (non-hydrogen) atoms. The molecular weight excluding hydrogens is 442 g/mol. The van der Waals surface area contributed by atoms with Crippen molar-refractivity contribution in [3.05, 3.63) is 71.8 Å². The van der Waals surface area contributed by atoms with Crippen LogP contribution in [-0.4, -0.2) is 68.3 Å². The van der Waals surface area contributed by atoms with E-state index in [9.17, 15) is 10.1 Å². The molecular formula is C25H25N9O. The summed E-state index contributed by atoms with van der Waals surface area (Å²) in [5, 5.41) is 12.6. The molecule has 1 aliphatic heterocycles. The van der Waals surface area contributed by atoms with Gasteiger partial charge in [0.2, 0.25) is 0 Å². The largest absolute Gasteiger partial charge is 0.382 e. The number of pyridine rings is 1. The van der Waals surface area contributed by atoms with Gasteiger partial charge in [0.1, 0.15) is 40.9 Å². The Bertz CT molecular complexity index is 1420. The third-order valence-corrected chi connectivity index (χ3v) is 6.18. The molecule has 4 aromatic rings. The van der Waals surface area contributed by atoms with E-state index in [2.05, 4.69) is 27.2 Å². The summed E-state index contributed by atoms with van der Waals surface area (Å²) in [5.74, 6) is 0.432. The zero-order valence-electron chi connectivity index (χ0n) is 19.3. The second-order valence-corrected chi connectivity index (χ2v) is 8.42. The highest BCUT2D eigenvalue weighted by atomic mass is 16.2. The van der Waals surface area contributed by atoms with E-state index in [4.69, 9.17) is 10.7 Å². The van der Waals surface area contributed by atoms with Crippen LogP contribution >= 0.6 is 0 Å². The molecule has 0 bridgehead atoms. The molecule has 1 aromatic carbocycles. The van der Waals surface area contributed by atoms with Crippen LogP contribution in [0.3, 0.4) is 0 Å². The number of anilines is 2. The third kappa shape index (κ3) is 4.25. The van der Waals surface area contributed by atoms with Crippen LogP contribution < -0.4 is 11.1 Å². The summed E-state index contributed by atoms with van der Waals surface area (Å²) in [6, 6.07) is 17.5. The van der Waals surface area contributed by atoms with Gasteiger partial charge in [0.05, 0.1) is 17.9 Å². The van der Waals surface area contributed by atoms with Crippen molar-refractivity contribution in [3.8, 4) is 17.3 Å². The molecule has 1 saturated heterocycles. The van der Waals surface area contributed by atoms with E-state index in [1.165, 1.54) is 6.33 Å². The van der Waals surface area contributed by atoms with Crippen molar-refractivity contribution in [3.63, 3.8) is 0 Å². The number of benzene rings is 1. The Morgan fingerprint density at radius 1 is 1.09 bits per heavy atom. The predicted octanol–water partition coefficient (Wildman–Crippen LogP) is 2.24. The SMILES string of the molecule is CN1CCN(C(=O)c2cccc3nc(CNc4ncnc(N)c4C#N)c(-c4ccccc4)n23)CC1. The second-order valence-electron chi connectivity index (χ2n) is 8.42. The van der Waals surface area contributed by atoms with Gasteiger partial charge in [-0.15, -0.1) is 0 Å². The van der Waals surface area contributed by atoms with Gasteiger partial charge in [-0.2, -0.15) is 5.26 Å². The van der Waals surface area contributed by atoms with Gasteiger partial charge in [-0.05, 0) is 19.2 Å². The van der Waals surface area contributed by atoms with Gasteiger partial charge >= 0.3 is 0 Å². The second kappa shape index (κ2) is 9.40. The molecule has 1 fully saturated rings. The Hall–Kier alpha value is -4.49. The summed E-state index contributed by atoms with van der Waals surface area (Å²) < 4.78 is 1.92. The standard InChI is InChI=1S/C25H25N9O/c1-32-10-12-33(13-11-32)25(35)20-8-5-9-21-31-19(22(34(20)21)17-6-3-2-4-7-17)15-28-24-18(14-26)23(27)29-16-30-24/h2-9,16H,10-13,15H2,1H3,(H3,27,28,29,30). The van der Waals surface area contributed by atoms with Crippen molar-refractivity contribution in [1.29, 1.82) is 5.26 Å². The van der Waals surface area contributed by atoms with E-state index >= 15 is 0 Å². The topological polar surface area (TPSA) is 128 Å². The highest BCUT2D eigenvalue weighted by molar-refractivity contribution is 5.94. The zero-order chi connectivity index (χ0) is 24.4. The predicted molar refractivity (Wildman–Crippen MR) is 133 cm³/mol. The van der Waals surface area contributed by atoms with Crippen LogP contribution in [0.15, 0.2) is 54.9 Å². The molecule has 0 saturated carbocycles. The summed E-state index contributed by atoms with van der Waals surface area (Å²) in [7, 11) is 2.06. The number of nitrogen functional groups attached to an aromatic ring is 1. The van der Waals surface area contributed by atoms with E-state index in [1.54, 1.807) is 0 Å². The van der Waals surface area contributed by atoms with Crippen LogP contribution in [0, 0.1) is 11.3 Å². The first kappa shape index (κ1) is 22.3. The van der Waals surface area contributed by atoms with Gasteiger partial charge < -0.3 is 20.9 Å². The molecule has 3 aromatic heterocycles. The fraction of sp³-hybridized carbons (Fsp3) is 0.240. The number of carbonyl (C=O) groups is 1. The van der Waals surface area contributed by atoms with Crippen LogP contribution in [0.4, 0.5) is 11.6 Å². The lowest BCUT2D eigenvalue weighted by atomic mass is 10.1. The van der Waals surface area contributed by atoms with E-state index in [1.807, 2.05) is 63.9 Å². The minimum atomic E-state index is -0.0202. The first-order chi connectivity index (χ1) is 17.1. The summed E-state index contributed by atoms with van der Waals surface area (Å²) in [5.41, 5.74) is 9.71. The molecule has 10 heteroatoms. The number of rotatable bonds is 5. The molecule has 176 valence electrons. The molecule has 0 spiro atoms. The number of imidazole rings is 1. The smallest absolute Gasteiger partial charge is 0.270 e. The Kier molecular flexibility index (Phi) is 5.99. The third-order valence-electron chi connectivity index (χ3n) is 6.18. The molecule has 0 radical (unpaired) electrons. The summed E-state index contributed by atoms with van der Waals surface area (Å²) in [4.78, 5) is 30.6. The lowest BCUT2D eigenvalue weighted by Gasteiger charge is -2.32. The van der Waals surface area contributed by atoms with Crippen LogP contribution in [0.5, 0.6) is 0 Å². The molecule has 3 N–H and O–H groups in total. The van der Waals surface area contributed by atoms with E-state index in [0.717, 1.165) is 30.0 Å². The highest BCUT2D eigenvalue weighted by Gasteiger charge is 2.25. The number of hydrogen-bond acceptors (Lipinski definition) is 8. The highest BCUT2D eigenvalue weighted by Crippen LogP contribution is 2.28. The van der Waals surface area contributed by atoms with Crippen LogP contribution in [0.1, 0.15) is 21.7 Å². The monoisotopic (exact) mass is 467 g/mol. The van der Waals surface area contributed by atoms with Crippen LogP contribution in [0.2, 0.25) is 0 Å².